The lowest BCUT2D eigenvalue weighted by Gasteiger charge is -2.11. The number of hydrogen-bond donors (Lipinski definition) is 0. The summed E-state index contributed by atoms with van der Waals surface area (Å²) in [6, 6.07) is 20.7. The Kier molecular flexibility index (Phi) is 7.27. The van der Waals surface area contributed by atoms with Crippen LogP contribution >= 0.6 is 27.7 Å². The van der Waals surface area contributed by atoms with Crippen molar-refractivity contribution in [2.45, 2.75) is 37.6 Å². The zero-order valence-electron chi connectivity index (χ0n) is 18.3. The summed E-state index contributed by atoms with van der Waals surface area (Å²) in [6.07, 6.45) is 1.87. The van der Waals surface area contributed by atoms with E-state index in [4.69, 9.17) is 9.84 Å². The van der Waals surface area contributed by atoms with Gasteiger partial charge in [0.25, 0.3) is 0 Å². The summed E-state index contributed by atoms with van der Waals surface area (Å²) < 4.78 is 8.82. The molecule has 0 aliphatic heterocycles. The molecule has 0 bridgehead atoms. The van der Waals surface area contributed by atoms with Crippen molar-refractivity contribution in [3.05, 3.63) is 82.1 Å². The van der Waals surface area contributed by atoms with Gasteiger partial charge in [0.2, 0.25) is 5.16 Å². The molecule has 0 spiro atoms. The lowest BCUT2D eigenvalue weighted by Crippen LogP contribution is -2.03. The summed E-state index contributed by atoms with van der Waals surface area (Å²) in [5, 5.41) is 16.7. The molecule has 0 radical (unpaired) electrons. The van der Waals surface area contributed by atoms with Crippen molar-refractivity contribution >= 4 is 44.7 Å². The van der Waals surface area contributed by atoms with E-state index in [2.05, 4.69) is 70.3 Å². The highest BCUT2D eigenvalue weighted by Gasteiger charge is 2.16. The molecule has 7 heteroatoms. The van der Waals surface area contributed by atoms with Gasteiger partial charge < -0.3 is 4.74 Å². The van der Waals surface area contributed by atoms with E-state index >= 15 is 0 Å². The Morgan fingerprint density at radius 3 is 2.59 bits per heavy atom. The van der Waals surface area contributed by atoms with Crippen molar-refractivity contribution in [2.75, 3.05) is 6.61 Å². The molecule has 1 aromatic heterocycles. The number of ether oxygens (including phenoxy) is 1. The van der Waals surface area contributed by atoms with Crippen LogP contribution in [-0.4, -0.2) is 27.7 Å². The van der Waals surface area contributed by atoms with Crippen LogP contribution in [0.1, 0.15) is 43.6 Å². The molecule has 0 unspecified atom stereocenters. The lowest BCUT2D eigenvalue weighted by molar-refractivity contribution is 0.340. The number of nitrogens with zero attached hydrogens (tertiary/aromatic N) is 4. The number of hydrogen-bond acceptors (Lipinski definition) is 5. The van der Waals surface area contributed by atoms with Gasteiger partial charge in [0.05, 0.1) is 12.8 Å². The zero-order chi connectivity index (χ0) is 22.5. The highest BCUT2D eigenvalue weighted by molar-refractivity contribution is 9.10. The molecular weight excluding hydrogens is 484 g/mol. The Balaban J connectivity index is 1.70. The highest BCUT2D eigenvalue weighted by Crippen LogP contribution is 2.28. The molecule has 5 nitrogen and oxygen atoms in total. The predicted octanol–water partition coefficient (Wildman–Crippen LogP) is 6.89. The molecule has 3 aromatic carbocycles. The van der Waals surface area contributed by atoms with Crippen LogP contribution in [-0.2, 0) is 5.75 Å². The maximum absolute atomic E-state index is 5.90. The summed E-state index contributed by atoms with van der Waals surface area (Å²) in [7, 11) is 0. The maximum atomic E-state index is 5.90. The number of halogens is 1. The van der Waals surface area contributed by atoms with E-state index in [9.17, 15) is 0 Å². The third kappa shape index (κ3) is 5.05. The molecular formula is C25H25BrN4OS. The Labute approximate surface area is 201 Å². The topological polar surface area (TPSA) is 52.3 Å². The predicted molar refractivity (Wildman–Crippen MR) is 136 cm³/mol. The first-order valence-corrected chi connectivity index (χ1v) is 12.4. The Hall–Kier alpha value is -2.64. The number of fused-ring (bicyclic) bond motifs is 1. The fourth-order valence-corrected chi connectivity index (χ4v) is 4.48. The van der Waals surface area contributed by atoms with Crippen molar-refractivity contribution < 1.29 is 4.74 Å². The van der Waals surface area contributed by atoms with Crippen LogP contribution in [0.3, 0.4) is 0 Å². The third-order valence-corrected chi connectivity index (χ3v) is 6.49. The summed E-state index contributed by atoms with van der Waals surface area (Å²) in [5.74, 6) is 2.63. The SMILES string of the molecule is CCOc1ccc2ccccc2c1/C=N\n1c(SCc2ccc(Br)cc2)nnc1C(C)C. The van der Waals surface area contributed by atoms with Crippen LogP contribution in [0.4, 0.5) is 0 Å². The first-order valence-electron chi connectivity index (χ1n) is 10.6. The first-order chi connectivity index (χ1) is 15.6. The molecule has 0 saturated heterocycles. The van der Waals surface area contributed by atoms with Gasteiger partial charge in [0, 0.05) is 21.7 Å². The van der Waals surface area contributed by atoms with E-state index in [1.165, 1.54) is 5.56 Å². The van der Waals surface area contributed by atoms with Crippen molar-refractivity contribution in [2.24, 2.45) is 5.10 Å². The second-order valence-electron chi connectivity index (χ2n) is 7.60. The second-order valence-corrected chi connectivity index (χ2v) is 9.46. The standard InChI is InChI=1S/C25H25BrN4OS/c1-4-31-23-14-11-19-7-5-6-8-21(19)22(23)15-27-30-24(17(2)3)28-29-25(30)32-16-18-9-12-20(26)13-10-18/h5-15,17H,4,16H2,1-3H3/b27-15-. The summed E-state index contributed by atoms with van der Waals surface area (Å²) in [4.78, 5) is 0. The third-order valence-electron chi connectivity index (χ3n) is 4.97. The molecule has 0 N–H and O–H groups in total. The van der Waals surface area contributed by atoms with Gasteiger partial charge in [-0.15, -0.1) is 10.2 Å². The Morgan fingerprint density at radius 1 is 1.06 bits per heavy atom. The molecule has 0 amide bonds. The second kappa shape index (κ2) is 10.3. The number of aromatic nitrogens is 3. The summed E-state index contributed by atoms with van der Waals surface area (Å²) in [5.41, 5.74) is 2.17. The number of rotatable bonds is 8. The van der Waals surface area contributed by atoms with Crippen LogP contribution in [0.15, 0.2) is 75.4 Å². The van der Waals surface area contributed by atoms with Crippen LogP contribution in [0.25, 0.3) is 10.8 Å². The summed E-state index contributed by atoms with van der Waals surface area (Å²) >= 11 is 5.11. The monoisotopic (exact) mass is 508 g/mol. The van der Waals surface area contributed by atoms with E-state index in [-0.39, 0.29) is 5.92 Å². The maximum Gasteiger partial charge on any atom is 0.212 e. The van der Waals surface area contributed by atoms with Gasteiger partial charge in [-0.1, -0.05) is 84.0 Å². The number of benzene rings is 3. The average Bonchev–Trinajstić information content (AvgIpc) is 3.21. The highest BCUT2D eigenvalue weighted by atomic mass is 79.9. The largest absolute Gasteiger partial charge is 0.493 e. The zero-order valence-corrected chi connectivity index (χ0v) is 20.7. The Bertz CT molecular complexity index is 1230. The van der Waals surface area contributed by atoms with Gasteiger partial charge in [0.1, 0.15) is 5.75 Å². The van der Waals surface area contributed by atoms with E-state index < -0.39 is 0 Å². The van der Waals surface area contributed by atoms with Gasteiger partial charge >= 0.3 is 0 Å². The molecule has 0 fully saturated rings. The Morgan fingerprint density at radius 2 is 1.84 bits per heavy atom. The molecule has 4 rings (SSSR count). The molecule has 4 aromatic rings. The average molecular weight is 509 g/mol. The number of thioether (sulfide) groups is 1. The fraction of sp³-hybridized carbons (Fsp3) is 0.240. The lowest BCUT2D eigenvalue weighted by atomic mass is 10.0. The molecule has 1 heterocycles. The molecule has 0 aliphatic rings. The van der Waals surface area contributed by atoms with E-state index in [1.807, 2.05) is 48.1 Å². The first kappa shape index (κ1) is 22.6. The van der Waals surface area contributed by atoms with E-state index in [1.54, 1.807) is 11.8 Å². The van der Waals surface area contributed by atoms with Crippen LogP contribution in [0.2, 0.25) is 0 Å². The normalized spacial score (nSPS) is 11.7. The smallest absolute Gasteiger partial charge is 0.212 e. The quantitative estimate of drug-likeness (QED) is 0.192. The van der Waals surface area contributed by atoms with Gasteiger partial charge in [-0.2, -0.15) is 9.78 Å². The van der Waals surface area contributed by atoms with Crippen LogP contribution in [0.5, 0.6) is 5.75 Å². The van der Waals surface area contributed by atoms with Gasteiger partial charge in [-0.25, -0.2) is 0 Å². The van der Waals surface area contributed by atoms with Crippen molar-refractivity contribution in [3.63, 3.8) is 0 Å². The minimum atomic E-state index is 0.195. The molecule has 0 saturated carbocycles. The molecule has 0 atom stereocenters. The molecule has 32 heavy (non-hydrogen) atoms. The van der Waals surface area contributed by atoms with Crippen molar-refractivity contribution in [1.29, 1.82) is 0 Å². The molecule has 0 aliphatic carbocycles. The summed E-state index contributed by atoms with van der Waals surface area (Å²) in [6.45, 7) is 6.78. The van der Waals surface area contributed by atoms with E-state index in [0.29, 0.717) is 6.61 Å². The van der Waals surface area contributed by atoms with Crippen LogP contribution in [0, 0.1) is 0 Å². The van der Waals surface area contributed by atoms with Crippen molar-refractivity contribution in [3.8, 4) is 5.75 Å². The van der Waals surface area contributed by atoms with Gasteiger partial charge in [-0.05, 0) is 41.5 Å². The molecule has 164 valence electrons. The minimum absolute atomic E-state index is 0.195. The van der Waals surface area contributed by atoms with Gasteiger partial charge in [0.15, 0.2) is 5.82 Å². The van der Waals surface area contributed by atoms with E-state index in [0.717, 1.165) is 43.3 Å². The van der Waals surface area contributed by atoms with Crippen LogP contribution < -0.4 is 4.74 Å². The fourth-order valence-electron chi connectivity index (χ4n) is 3.37. The minimum Gasteiger partial charge on any atom is -0.493 e. The van der Waals surface area contributed by atoms with Gasteiger partial charge in [-0.3, -0.25) is 0 Å². The van der Waals surface area contributed by atoms with Crippen molar-refractivity contribution in [1.82, 2.24) is 14.9 Å².